The smallest absolute Gasteiger partial charge is 0.0620 e. The molecule has 0 aliphatic heterocycles. The van der Waals surface area contributed by atoms with Gasteiger partial charge in [0, 0.05) is 43.1 Å². The number of fused-ring (bicyclic) bond motifs is 8. The molecule has 0 aliphatic rings. The van der Waals surface area contributed by atoms with Crippen molar-refractivity contribution >= 4 is 108 Å². The third kappa shape index (κ3) is 3.10. The quantitative estimate of drug-likeness (QED) is 0.129. The van der Waals surface area contributed by atoms with Crippen LogP contribution in [-0.4, -0.2) is 9.13 Å². The predicted octanol–water partition coefficient (Wildman–Crippen LogP) is 13.7. The molecular formula is C50H28N2. The van der Waals surface area contributed by atoms with Crippen LogP contribution in [0.3, 0.4) is 0 Å². The normalized spacial score (nSPS) is 12.6. The lowest BCUT2D eigenvalue weighted by molar-refractivity contribution is 1.19. The highest BCUT2D eigenvalue weighted by Gasteiger charge is 2.26. The van der Waals surface area contributed by atoms with Gasteiger partial charge in [-0.05, 0) is 67.4 Å². The van der Waals surface area contributed by atoms with Crippen LogP contribution in [0.5, 0.6) is 0 Å². The fourth-order valence-electron chi connectivity index (χ4n) is 10.1. The Hall–Kier alpha value is -6.90. The summed E-state index contributed by atoms with van der Waals surface area (Å²) in [6.45, 7) is 0. The van der Waals surface area contributed by atoms with E-state index in [1.54, 1.807) is 0 Å². The molecule has 2 aromatic heterocycles. The summed E-state index contributed by atoms with van der Waals surface area (Å²) in [6.07, 6.45) is 0. The molecule has 238 valence electrons. The summed E-state index contributed by atoms with van der Waals surface area (Å²) >= 11 is 0. The largest absolute Gasteiger partial charge is 0.308 e. The van der Waals surface area contributed by atoms with Gasteiger partial charge in [-0.2, -0.15) is 0 Å². The minimum absolute atomic E-state index is 1.23. The van der Waals surface area contributed by atoms with Crippen molar-refractivity contribution in [3.8, 4) is 11.4 Å². The highest BCUT2D eigenvalue weighted by atomic mass is 15.0. The van der Waals surface area contributed by atoms with Gasteiger partial charge in [0.2, 0.25) is 0 Å². The number of nitrogens with zero attached hydrogens (tertiary/aromatic N) is 2. The maximum Gasteiger partial charge on any atom is 0.0620 e. The number of hydrogen-bond acceptors (Lipinski definition) is 0. The van der Waals surface area contributed by atoms with Crippen molar-refractivity contribution in [1.82, 2.24) is 9.13 Å². The van der Waals surface area contributed by atoms with Crippen molar-refractivity contribution in [2.75, 3.05) is 0 Å². The van der Waals surface area contributed by atoms with E-state index in [9.17, 15) is 0 Å². The van der Waals surface area contributed by atoms with Gasteiger partial charge < -0.3 is 9.13 Å². The highest BCUT2D eigenvalue weighted by Crippen LogP contribution is 2.49. The second-order valence-electron chi connectivity index (χ2n) is 14.3. The Morgan fingerprint density at radius 3 is 0.654 bits per heavy atom. The van der Waals surface area contributed by atoms with Gasteiger partial charge in [-0.25, -0.2) is 0 Å². The van der Waals surface area contributed by atoms with Gasteiger partial charge >= 0.3 is 0 Å². The third-order valence-corrected chi connectivity index (χ3v) is 12.0. The van der Waals surface area contributed by atoms with E-state index >= 15 is 0 Å². The maximum atomic E-state index is 2.56. The first-order chi connectivity index (χ1) is 25.9. The molecule has 11 aromatic carbocycles. The van der Waals surface area contributed by atoms with Crippen molar-refractivity contribution in [1.29, 1.82) is 0 Å². The first-order valence-electron chi connectivity index (χ1n) is 18.1. The summed E-state index contributed by atoms with van der Waals surface area (Å²) in [4.78, 5) is 0. The van der Waals surface area contributed by atoms with Crippen LogP contribution in [-0.2, 0) is 0 Å². The van der Waals surface area contributed by atoms with Gasteiger partial charge in [0.25, 0.3) is 0 Å². The van der Waals surface area contributed by atoms with Crippen LogP contribution in [0.25, 0.3) is 120 Å². The summed E-state index contributed by atoms with van der Waals surface area (Å²) in [5.74, 6) is 0. The first kappa shape index (κ1) is 26.9. The van der Waals surface area contributed by atoms with Crippen LogP contribution in [0.4, 0.5) is 0 Å². The predicted molar refractivity (Wildman–Crippen MR) is 223 cm³/mol. The van der Waals surface area contributed by atoms with Crippen molar-refractivity contribution in [3.63, 3.8) is 0 Å². The molecule has 0 amide bonds. The molecule has 0 aliphatic carbocycles. The van der Waals surface area contributed by atoms with Crippen LogP contribution in [0, 0.1) is 0 Å². The van der Waals surface area contributed by atoms with Gasteiger partial charge in [-0.3, -0.25) is 0 Å². The third-order valence-electron chi connectivity index (χ3n) is 12.0. The molecule has 13 rings (SSSR count). The van der Waals surface area contributed by atoms with E-state index in [0.717, 1.165) is 0 Å². The lowest BCUT2D eigenvalue weighted by Gasteiger charge is -2.21. The van der Waals surface area contributed by atoms with Crippen molar-refractivity contribution in [2.24, 2.45) is 0 Å². The minimum Gasteiger partial charge on any atom is -0.308 e. The van der Waals surface area contributed by atoms with Crippen LogP contribution < -0.4 is 0 Å². The summed E-state index contributed by atoms with van der Waals surface area (Å²) in [5.41, 5.74) is 7.43. The van der Waals surface area contributed by atoms with E-state index in [4.69, 9.17) is 0 Å². The maximum absolute atomic E-state index is 2.56. The summed E-state index contributed by atoms with van der Waals surface area (Å²) < 4.78 is 5.12. The lowest BCUT2D eigenvalue weighted by Crippen LogP contribution is -2.02. The summed E-state index contributed by atoms with van der Waals surface area (Å²) in [5, 5.41) is 20.8. The Labute approximate surface area is 297 Å². The van der Waals surface area contributed by atoms with E-state index in [1.807, 2.05) is 0 Å². The number of aromatic nitrogens is 2. The molecule has 0 unspecified atom stereocenters. The van der Waals surface area contributed by atoms with E-state index < -0.39 is 0 Å². The van der Waals surface area contributed by atoms with E-state index in [2.05, 4.69) is 179 Å². The zero-order chi connectivity index (χ0) is 33.7. The molecule has 0 fully saturated rings. The summed E-state index contributed by atoms with van der Waals surface area (Å²) in [7, 11) is 0. The molecule has 13 aromatic rings. The zero-order valence-electron chi connectivity index (χ0n) is 28.1. The molecule has 2 nitrogen and oxygen atoms in total. The molecular weight excluding hydrogens is 629 g/mol. The molecule has 0 radical (unpaired) electrons. The van der Waals surface area contributed by atoms with E-state index in [-0.39, 0.29) is 0 Å². The standard InChI is InChI=1S/C50H28N2/c1-2-14-30-29(13-1)33-21-9-25-41-45(33)46-34(30)22-10-26-42(46)51(41)49-37-17-5-7-19-39(37)50(40-20-8-6-18-38(40)49)52-43-27-11-23-35-31-15-3-4-16-32(31)36-24-12-28-44(52)48(36)47(35)43/h1-28H. The molecule has 0 atom stereocenters. The van der Waals surface area contributed by atoms with Crippen LogP contribution in [0.2, 0.25) is 0 Å². The molecule has 2 heteroatoms. The monoisotopic (exact) mass is 656 g/mol. The number of hydrogen-bond donors (Lipinski definition) is 0. The van der Waals surface area contributed by atoms with E-state index in [0.29, 0.717) is 0 Å². The first-order valence-corrected chi connectivity index (χ1v) is 18.1. The topological polar surface area (TPSA) is 9.86 Å². The van der Waals surface area contributed by atoms with Crippen LogP contribution >= 0.6 is 0 Å². The summed E-state index contributed by atoms with van der Waals surface area (Å²) in [6, 6.07) is 63.3. The average Bonchev–Trinajstić information content (AvgIpc) is 3.73. The van der Waals surface area contributed by atoms with Crippen LogP contribution in [0.1, 0.15) is 0 Å². The SMILES string of the molecule is c1ccc2c(-n3c4cccc5c6ccccc6c6cccc3c6c54)c3ccccc3c(-n3c4cccc5c6ccccc6c6cccc3c6c54)c2c1. The number of benzene rings is 11. The van der Waals surface area contributed by atoms with Gasteiger partial charge in [0.1, 0.15) is 0 Å². The Morgan fingerprint density at radius 1 is 0.192 bits per heavy atom. The number of rotatable bonds is 2. The van der Waals surface area contributed by atoms with Gasteiger partial charge in [0.15, 0.2) is 0 Å². The van der Waals surface area contributed by atoms with E-state index in [1.165, 1.54) is 120 Å². The average molecular weight is 657 g/mol. The van der Waals surface area contributed by atoms with Crippen molar-refractivity contribution in [3.05, 3.63) is 170 Å². The van der Waals surface area contributed by atoms with Gasteiger partial charge in [-0.1, -0.05) is 146 Å². The Balaban J connectivity index is 1.25. The molecule has 0 saturated carbocycles. The highest BCUT2D eigenvalue weighted by molar-refractivity contribution is 6.36. The Kier molecular flexibility index (Phi) is 4.89. The minimum atomic E-state index is 1.23. The Morgan fingerprint density at radius 2 is 0.404 bits per heavy atom. The molecule has 0 spiro atoms. The zero-order valence-corrected chi connectivity index (χ0v) is 28.1. The fraction of sp³-hybridized carbons (Fsp3) is 0. The molecule has 0 saturated heterocycles. The second-order valence-corrected chi connectivity index (χ2v) is 14.3. The molecule has 0 N–H and O–H groups in total. The lowest BCUT2D eigenvalue weighted by atomic mass is 9.95. The van der Waals surface area contributed by atoms with Gasteiger partial charge in [-0.15, -0.1) is 0 Å². The Bertz CT molecular complexity index is 3160. The van der Waals surface area contributed by atoms with Gasteiger partial charge in [0.05, 0.1) is 33.4 Å². The van der Waals surface area contributed by atoms with Crippen molar-refractivity contribution < 1.29 is 0 Å². The second kappa shape index (κ2) is 9.45. The molecule has 0 bridgehead atoms. The fourth-order valence-corrected chi connectivity index (χ4v) is 10.1. The van der Waals surface area contributed by atoms with Crippen LogP contribution in [0.15, 0.2) is 170 Å². The molecule has 2 heterocycles. The molecule has 52 heavy (non-hydrogen) atoms. The van der Waals surface area contributed by atoms with Crippen molar-refractivity contribution in [2.45, 2.75) is 0 Å².